The third-order valence-corrected chi connectivity index (χ3v) is 5.75. The van der Waals surface area contributed by atoms with Gasteiger partial charge in [-0.3, -0.25) is 9.59 Å². The maximum Gasteiger partial charge on any atom is 0.253 e. The van der Waals surface area contributed by atoms with Gasteiger partial charge >= 0.3 is 0 Å². The minimum absolute atomic E-state index is 0.0418. The molecule has 0 spiro atoms. The van der Waals surface area contributed by atoms with E-state index in [9.17, 15) is 14.7 Å². The molecule has 2 saturated heterocycles. The van der Waals surface area contributed by atoms with Gasteiger partial charge in [0.2, 0.25) is 5.91 Å². The standard InChI is InChI=1S/C23H26N2O3/c26-16-19-5-1-4-17(13-19)12-18-9-11-24(15-18)23(28)20-6-2-7-21(14-20)25-10-3-8-22(25)27/h1-2,4-7,13-14,18,26H,3,8-12,15-16H2/t18-/m1/s1. The Morgan fingerprint density at radius 3 is 2.68 bits per heavy atom. The number of aliphatic hydroxyl groups is 1. The van der Waals surface area contributed by atoms with Gasteiger partial charge in [-0.2, -0.15) is 0 Å². The highest BCUT2D eigenvalue weighted by atomic mass is 16.3. The van der Waals surface area contributed by atoms with Gasteiger partial charge in [-0.1, -0.05) is 30.3 Å². The second kappa shape index (κ2) is 8.15. The zero-order chi connectivity index (χ0) is 19.5. The minimum Gasteiger partial charge on any atom is -0.392 e. The maximum absolute atomic E-state index is 13.0. The molecule has 0 aliphatic carbocycles. The monoisotopic (exact) mass is 378 g/mol. The first kappa shape index (κ1) is 18.7. The number of hydrogen-bond acceptors (Lipinski definition) is 3. The molecule has 1 N–H and O–H groups in total. The average molecular weight is 378 g/mol. The van der Waals surface area contributed by atoms with E-state index < -0.39 is 0 Å². The van der Waals surface area contributed by atoms with Crippen molar-refractivity contribution < 1.29 is 14.7 Å². The molecule has 2 fully saturated rings. The molecular formula is C23H26N2O3. The topological polar surface area (TPSA) is 60.9 Å². The number of anilines is 1. The van der Waals surface area contributed by atoms with Crippen molar-refractivity contribution in [2.45, 2.75) is 32.3 Å². The zero-order valence-corrected chi connectivity index (χ0v) is 16.0. The third kappa shape index (κ3) is 3.94. The summed E-state index contributed by atoms with van der Waals surface area (Å²) in [6.45, 7) is 2.29. The summed E-state index contributed by atoms with van der Waals surface area (Å²) in [6, 6.07) is 15.5. The molecule has 146 valence electrons. The van der Waals surface area contributed by atoms with E-state index >= 15 is 0 Å². The number of rotatable bonds is 5. The van der Waals surface area contributed by atoms with Crippen molar-refractivity contribution >= 4 is 17.5 Å². The molecular weight excluding hydrogens is 352 g/mol. The van der Waals surface area contributed by atoms with Crippen LogP contribution in [0.4, 0.5) is 5.69 Å². The Bertz CT molecular complexity index is 880. The fourth-order valence-corrected chi connectivity index (χ4v) is 4.28. The first-order valence-electron chi connectivity index (χ1n) is 10.0. The van der Waals surface area contributed by atoms with Gasteiger partial charge in [0.15, 0.2) is 0 Å². The van der Waals surface area contributed by atoms with Gasteiger partial charge in [0.25, 0.3) is 5.91 Å². The predicted octanol–water partition coefficient (Wildman–Crippen LogP) is 3.01. The molecule has 2 amide bonds. The number of nitrogens with zero attached hydrogens (tertiary/aromatic N) is 2. The van der Waals surface area contributed by atoms with E-state index in [4.69, 9.17) is 0 Å². The largest absolute Gasteiger partial charge is 0.392 e. The van der Waals surface area contributed by atoms with Crippen LogP contribution in [0, 0.1) is 5.92 Å². The maximum atomic E-state index is 13.0. The van der Waals surface area contributed by atoms with Gasteiger partial charge in [0.05, 0.1) is 6.61 Å². The normalized spacial score (nSPS) is 19.5. The number of benzene rings is 2. The summed E-state index contributed by atoms with van der Waals surface area (Å²) in [5, 5.41) is 9.30. The van der Waals surface area contributed by atoms with Gasteiger partial charge in [-0.25, -0.2) is 0 Å². The molecule has 2 aromatic carbocycles. The van der Waals surface area contributed by atoms with Crippen LogP contribution >= 0.6 is 0 Å². The van der Waals surface area contributed by atoms with Crippen LogP contribution in [0.15, 0.2) is 48.5 Å². The quantitative estimate of drug-likeness (QED) is 0.870. The van der Waals surface area contributed by atoms with Crippen LogP contribution in [0.25, 0.3) is 0 Å². The number of hydrogen-bond donors (Lipinski definition) is 1. The summed E-state index contributed by atoms with van der Waals surface area (Å²) < 4.78 is 0. The number of aliphatic hydroxyl groups excluding tert-OH is 1. The van der Waals surface area contributed by atoms with Crippen LogP contribution in [-0.2, 0) is 17.8 Å². The van der Waals surface area contributed by atoms with Crippen molar-refractivity contribution in [3.8, 4) is 0 Å². The Hall–Kier alpha value is -2.66. The second-order valence-corrected chi connectivity index (χ2v) is 7.79. The Labute approximate surface area is 165 Å². The van der Waals surface area contributed by atoms with E-state index in [2.05, 4.69) is 6.07 Å². The van der Waals surface area contributed by atoms with Gasteiger partial charge in [-0.15, -0.1) is 0 Å². The molecule has 2 aliphatic heterocycles. The Balaban J connectivity index is 1.41. The number of carbonyl (C=O) groups is 2. The molecule has 1 atom stereocenters. The molecule has 0 saturated carbocycles. The van der Waals surface area contributed by atoms with Crippen molar-refractivity contribution in [3.63, 3.8) is 0 Å². The van der Waals surface area contributed by atoms with Crippen molar-refractivity contribution in [2.24, 2.45) is 5.92 Å². The van der Waals surface area contributed by atoms with Crippen LogP contribution in [0.2, 0.25) is 0 Å². The van der Waals surface area contributed by atoms with E-state index in [0.29, 0.717) is 17.9 Å². The van der Waals surface area contributed by atoms with Crippen molar-refractivity contribution in [1.29, 1.82) is 0 Å². The summed E-state index contributed by atoms with van der Waals surface area (Å²) in [5.74, 6) is 0.609. The van der Waals surface area contributed by atoms with E-state index in [-0.39, 0.29) is 18.4 Å². The predicted molar refractivity (Wildman–Crippen MR) is 108 cm³/mol. The SMILES string of the molecule is O=C(c1cccc(N2CCCC2=O)c1)N1CC[C@H](Cc2cccc(CO)c2)C1. The lowest BCUT2D eigenvalue weighted by atomic mass is 9.97. The van der Waals surface area contributed by atoms with E-state index in [1.165, 1.54) is 5.56 Å². The Morgan fingerprint density at radius 2 is 1.89 bits per heavy atom. The molecule has 2 aliphatic rings. The summed E-state index contributed by atoms with van der Waals surface area (Å²) in [7, 11) is 0. The lowest BCUT2D eigenvalue weighted by Gasteiger charge is -2.19. The third-order valence-electron chi connectivity index (χ3n) is 5.75. The lowest BCUT2D eigenvalue weighted by Crippen LogP contribution is -2.29. The van der Waals surface area contributed by atoms with E-state index in [0.717, 1.165) is 50.1 Å². The molecule has 0 unspecified atom stereocenters. The van der Waals surface area contributed by atoms with Crippen molar-refractivity contribution in [3.05, 3.63) is 65.2 Å². The van der Waals surface area contributed by atoms with Gasteiger partial charge < -0.3 is 14.9 Å². The fourth-order valence-electron chi connectivity index (χ4n) is 4.28. The molecule has 0 aromatic heterocycles. The molecule has 28 heavy (non-hydrogen) atoms. The van der Waals surface area contributed by atoms with Crippen molar-refractivity contribution in [2.75, 3.05) is 24.5 Å². The van der Waals surface area contributed by atoms with Gasteiger partial charge in [0, 0.05) is 37.3 Å². The minimum atomic E-state index is 0.0418. The van der Waals surface area contributed by atoms with Gasteiger partial charge in [-0.05, 0) is 54.5 Å². The van der Waals surface area contributed by atoms with Gasteiger partial charge in [0.1, 0.15) is 0 Å². The summed E-state index contributed by atoms with van der Waals surface area (Å²) in [6.07, 6.45) is 3.37. The summed E-state index contributed by atoms with van der Waals surface area (Å²) >= 11 is 0. The lowest BCUT2D eigenvalue weighted by molar-refractivity contribution is -0.117. The van der Waals surface area contributed by atoms with Crippen LogP contribution in [0.5, 0.6) is 0 Å². The number of carbonyl (C=O) groups excluding carboxylic acids is 2. The first-order chi connectivity index (χ1) is 13.6. The Morgan fingerprint density at radius 1 is 1.07 bits per heavy atom. The number of amides is 2. The molecule has 0 bridgehead atoms. The zero-order valence-electron chi connectivity index (χ0n) is 16.0. The highest BCUT2D eigenvalue weighted by Crippen LogP contribution is 2.26. The summed E-state index contributed by atoms with van der Waals surface area (Å²) in [5.41, 5.74) is 3.61. The summed E-state index contributed by atoms with van der Waals surface area (Å²) in [4.78, 5) is 28.7. The highest BCUT2D eigenvalue weighted by molar-refractivity contribution is 5.99. The smallest absolute Gasteiger partial charge is 0.253 e. The van der Waals surface area contributed by atoms with E-state index in [1.54, 1.807) is 4.90 Å². The second-order valence-electron chi connectivity index (χ2n) is 7.79. The molecule has 2 heterocycles. The van der Waals surface area contributed by atoms with Crippen molar-refractivity contribution in [1.82, 2.24) is 4.90 Å². The molecule has 0 radical (unpaired) electrons. The van der Waals surface area contributed by atoms with Crippen LogP contribution < -0.4 is 4.90 Å². The highest BCUT2D eigenvalue weighted by Gasteiger charge is 2.28. The average Bonchev–Trinajstić information content (AvgIpc) is 3.36. The first-order valence-corrected chi connectivity index (χ1v) is 10.0. The fraction of sp³-hybridized carbons (Fsp3) is 0.391. The van der Waals surface area contributed by atoms with Crippen LogP contribution in [0.3, 0.4) is 0 Å². The molecule has 5 nitrogen and oxygen atoms in total. The number of likely N-dealkylation sites (tertiary alicyclic amines) is 1. The Kier molecular flexibility index (Phi) is 5.44. The van der Waals surface area contributed by atoms with E-state index in [1.807, 2.05) is 47.4 Å². The molecule has 5 heteroatoms. The van der Waals surface area contributed by atoms with Crippen LogP contribution in [-0.4, -0.2) is 41.5 Å². The molecule has 4 rings (SSSR count). The van der Waals surface area contributed by atoms with Crippen LogP contribution in [0.1, 0.15) is 40.7 Å². The molecule has 2 aromatic rings.